The Morgan fingerprint density at radius 2 is 2.07 bits per heavy atom. The molecule has 0 aromatic heterocycles. The summed E-state index contributed by atoms with van der Waals surface area (Å²) >= 11 is 0. The lowest BCUT2D eigenvalue weighted by Gasteiger charge is -2.28. The minimum atomic E-state index is -0.755. The molecule has 1 aliphatic carbocycles. The number of hydrogen-bond donors (Lipinski definition) is 2. The zero-order chi connectivity index (χ0) is 10.9. The van der Waals surface area contributed by atoms with E-state index in [9.17, 15) is 5.11 Å². The van der Waals surface area contributed by atoms with Gasteiger partial charge in [-0.1, -0.05) is 12.8 Å². The van der Waals surface area contributed by atoms with E-state index < -0.39 is 5.60 Å². The monoisotopic (exact) mass is 213 g/mol. The summed E-state index contributed by atoms with van der Waals surface area (Å²) < 4.78 is 6.13. The number of ether oxygens (including phenoxy) is 1. The molecule has 0 bridgehead atoms. The molecule has 2 unspecified atom stereocenters. The second-order valence-electron chi connectivity index (χ2n) is 5.57. The quantitative estimate of drug-likeness (QED) is 0.748. The molecule has 2 atom stereocenters. The van der Waals surface area contributed by atoms with Crippen LogP contribution in [0.2, 0.25) is 0 Å². The first-order chi connectivity index (χ1) is 7.05. The van der Waals surface area contributed by atoms with Crippen molar-refractivity contribution < 1.29 is 9.84 Å². The SMILES string of the molecule is CC(O)(CN)CC1CCC2(CCCC2)O1. The minimum absolute atomic E-state index is 0.176. The molecule has 0 amide bonds. The maximum absolute atomic E-state index is 9.91. The Balaban J connectivity index is 1.87. The van der Waals surface area contributed by atoms with Gasteiger partial charge in [-0.25, -0.2) is 0 Å². The molecule has 2 rings (SSSR count). The van der Waals surface area contributed by atoms with Gasteiger partial charge >= 0.3 is 0 Å². The fraction of sp³-hybridized carbons (Fsp3) is 1.00. The third kappa shape index (κ3) is 2.52. The Kier molecular flexibility index (Phi) is 3.06. The van der Waals surface area contributed by atoms with E-state index in [2.05, 4.69) is 0 Å². The average Bonchev–Trinajstić information content (AvgIpc) is 2.78. The Morgan fingerprint density at radius 3 is 2.67 bits per heavy atom. The van der Waals surface area contributed by atoms with Gasteiger partial charge in [-0.3, -0.25) is 0 Å². The molecule has 1 saturated carbocycles. The molecule has 0 aromatic rings. The van der Waals surface area contributed by atoms with Crippen LogP contribution in [0.1, 0.15) is 51.9 Å². The Labute approximate surface area is 92.0 Å². The maximum Gasteiger partial charge on any atom is 0.0766 e. The normalized spacial score (nSPS) is 33.4. The number of nitrogens with two attached hydrogens (primary N) is 1. The van der Waals surface area contributed by atoms with E-state index in [0.717, 1.165) is 6.42 Å². The third-order valence-electron chi connectivity index (χ3n) is 3.96. The summed E-state index contributed by atoms with van der Waals surface area (Å²) in [7, 11) is 0. The third-order valence-corrected chi connectivity index (χ3v) is 3.96. The van der Waals surface area contributed by atoms with Crippen molar-refractivity contribution in [2.45, 2.75) is 69.2 Å². The first-order valence-electron chi connectivity index (χ1n) is 6.16. The predicted octanol–water partition coefficient (Wildman–Crippen LogP) is 1.58. The summed E-state index contributed by atoms with van der Waals surface area (Å²) in [6, 6.07) is 0. The van der Waals surface area contributed by atoms with Crippen LogP contribution in [-0.4, -0.2) is 29.0 Å². The van der Waals surface area contributed by atoms with Crippen molar-refractivity contribution >= 4 is 0 Å². The van der Waals surface area contributed by atoms with E-state index in [1.165, 1.54) is 32.1 Å². The van der Waals surface area contributed by atoms with Crippen LogP contribution in [0.15, 0.2) is 0 Å². The second-order valence-corrected chi connectivity index (χ2v) is 5.57. The van der Waals surface area contributed by atoms with Crippen LogP contribution in [0.3, 0.4) is 0 Å². The highest BCUT2D eigenvalue weighted by Crippen LogP contribution is 2.44. The van der Waals surface area contributed by atoms with Crippen molar-refractivity contribution in [3.8, 4) is 0 Å². The first-order valence-corrected chi connectivity index (χ1v) is 6.16. The Bertz CT molecular complexity index is 222. The Morgan fingerprint density at radius 1 is 1.40 bits per heavy atom. The van der Waals surface area contributed by atoms with Crippen molar-refractivity contribution in [1.29, 1.82) is 0 Å². The summed E-state index contributed by atoms with van der Waals surface area (Å²) in [6.07, 6.45) is 8.23. The largest absolute Gasteiger partial charge is 0.389 e. The van der Waals surface area contributed by atoms with Gasteiger partial charge < -0.3 is 15.6 Å². The molecule has 3 heteroatoms. The van der Waals surface area contributed by atoms with Crippen molar-refractivity contribution in [2.75, 3.05) is 6.54 Å². The lowest BCUT2D eigenvalue weighted by Crippen LogP contribution is -2.38. The summed E-state index contributed by atoms with van der Waals surface area (Å²) in [5.74, 6) is 0. The molecule has 0 radical (unpaired) electrons. The second kappa shape index (κ2) is 4.04. The number of rotatable bonds is 3. The molecule has 0 aromatic carbocycles. The zero-order valence-electron chi connectivity index (χ0n) is 9.67. The standard InChI is InChI=1S/C12H23NO2/c1-11(14,9-13)8-10-4-7-12(15-10)5-2-3-6-12/h10,14H,2-9,13H2,1H3. The van der Waals surface area contributed by atoms with E-state index >= 15 is 0 Å². The number of aliphatic hydroxyl groups is 1. The summed E-state index contributed by atoms with van der Waals surface area (Å²) in [5, 5.41) is 9.91. The van der Waals surface area contributed by atoms with Crippen molar-refractivity contribution in [3.63, 3.8) is 0 Å². The summed E-state index contributed by atoms with van der Waals surface area (Å²) in [6.45, 7) is 2.12. The van der Waals surface area contributed by atoms with E-state index in [0.29, 0.717) is 13.0 Å². The van der Waals surface area contributed by atoms with Gasteiger partial charge in [0.1, 0.15) is 0 Å². The minimum Gasteiger partial charge on any atom is -0.389 e. The van der Waals surface area contributed by atoms with Crippen LogP contribution >= 0.6 is 0 Å². The topological polar surface area (TPSA) is 55.5 Å². The lowest BCUT2D eigenvalue weighted by molar-refractivity contribution is -0.0688. The summed E-state index contributed by atoms with van der Waals surface area (Å²) in [4.78, 5) is 0. The molecule has 2 fully saturated rings. The van der Waals surface area contributed by atoms with Crippen LogP contribution in [0.25, 0.3) is 0 Å². The molecule has 2 aliphatic rings. The van der Waals surface area contributed by atoms with Gasteiger partial charge in [0.2, 0.25) is 0 Å². The van der Waals surface area contributed by atoms with Crippen molar-refractivity contribution in [3.05, 3.63) is 0 Å². The van der Waals surface area contributed by atoms with E-state index in [1.807, 2.05) is 0 Å². The van der Waals surface area contributed by atoms with Crippen LogP contribution < -0.4 is 5.73 Å². The lowest BCUT2D eigenvalue weighted by atomic mass is 9.95. The average molecular weight is 213 g/mol. The molecular formula is C12H23NO2. The van der Waals surface area contributed by atoms with Crippen LogP contribution in [0, 0.1) is 0 Å². The summed E-state index contributed by atoms with van der Waals surface area (Å²) in [5.41, 5.74) is 4.94. The molecule has 1 spiro atoms. The maximum atomic E-state index is 9.91. The fourth-order valence-corrected chi connectivity index (χ4v) is 3.00. The molecule has 3 nitrogen and oxygen atoms in total. The van der Waals surface area contributed by atoms with Crippen LogP contribution in [0.5, 0.6) is 0 Å². The molecular weight excluding hydrogens is 190 g/mol. The molecule has 88 valence electrons. The predicted molar refractivity (Wildman–Crippen MR) is 59.6 cm³/mol. The van der Waals surface area contributed by atoms with Gasteiger partial charge in [0.25, 0.3) is 0 Å². The first kappa shape index (κ1) is 11.4. The van der Waals surface area contributed by atoms with Gasteiger partial charge in [0.15, 0.2) is 0 Å². The molecule has 1 aliphatic heterocycles. The van der Waals surface area contributed by atoms with Gasteiger partial charge in [0.05, 0.1) is 17.3 Å². The highest BCUT2D eigenvalue weighted by Gasteiger charge is 2.43. The van der Waals surface area contributed by atoms with Crippen LogP contribution in [0.4, 0.5) is 0 Å². The molecule has 3 N–H and O–H groups in total. The number of hydrogen-bond acceptors (Lipinski definition) is 3. The van der Waals surface area contributed by atoms with E-state index in [1.54, 1.807) is 6.92 Å². The molecule has 1 saturated heterocycles. The van der Waals surface area contributed by atoms with Crippen molar-refractivity contribution in [1.82, 2.24) is 0 Å². The zero-order valence-corrected chi connectivity index (χ0v) is 9.67. The molecule has 15 heavy (non-hydrogen) atoms. The van der Waals surface area contributed by atoms with Gasteiger partial charge in [-0.15, -0.1) is 0 Å². The van der Waals surface area contributed by atoms with Crippen molar-refractivity contribution in [2.24, 2.45) is 5.73 Å². The highest BCUT2D eigenvalue weighted by molar-refractivity contribution is 4.94. The van der Waals surface area contributed by atoms with Gasteiger partial charge in [-0.05, 0) is 32.6 Å². The Hall–Kier alpha value is -0.120. The fourth-order valence-electron chi connectivity index (χ4n) is 3.00. The smallest absolute Gasteiger partial charge is 0.0766 e. The van der Waals surface area contributed by atoms with E-state index in [-0.39, 0.29) is 11.7 Å². The highest BCUT2D eigenvalue weighted by atomic mass is 16.5. The van der Waals surface area contributed by atoms with Gasteiger partial charge in [-0.2, -0.15) is 0 Å². The van der Waals surface area contributed by atoms with Crippen LogP contribution in [-0.2, 0) is 4.74 Å². The van der Waals surface area contributed by atoms with Gasteiger partial charge in [0, 0.05) is 13.0 Å². The molecule has 1 heterocycles. The van der Waals surface area contributed by atoms with E-state index in [4.69, 9.17) is 10.5 Å².